The van der Waals surface area contributed by atoms with Gasteiger partial charge in [0.2, 0.25) is 5.82 Å². The molecule has 3 aromatic carbocycles. The third-order valence-electron chi connectivity index (χ3n) is 4.45. The Labute approximate surface area is 173 Å². The molecule has 0 aliphatic heterocycles. The van der Waals surface area contributed by atoms with Crippen LogP contribution in [-0.2, 0) is 0 Å². The van der Waals surface area contributed by atoms with E-state index in [1.165, 1.54) is 0 Å². The van der Waals surface area contributed by atoms with Gasteiger partial charge in [-0.1, -0.05) is 66.2 Å². The number of benzene rings is 3. The second kappa shape index (κ2) is 8.40. The zero-order chi connectivity index (χ0) is 20.9. The van der Waals surface area contributed by atoms with Crippen molar-refractivity contribution >= 4 is 11.8 Å². The van der Waals surface area contributed by atoms with Crippen molar-refractivity contribution in [1.82, 2.24) is 25.6 Å². The predicted octanol–water partition coefficient (Wildman–Crippen LogP) is 3.32. The van der Waals surface area contributed by atoms with Gasteiger partial charge < -0.3 is 0 Å². The highest BCUT2D eigenvalue weighted by Crippen LogP contribution is 2.21. The molecule has 4 aromatic rings. The third kappa shape index (κ3) is 4.10. The Kier molecular flexibility index (Phi) is 5.34. The summed E-state index contributed by atoms with van der Waals surface area (Å²) in [5.74, 6) is -0.561. The van der Waals surface area contributed by atoms with Gasteiger partial charge in [-0.15, -0.1) is 5.10 Å². The number of carbonyl (C=O) groups is 2. The molecule has 0 fully saturated rings. The van der Waals surface area contributed by atoms with Gasteiger partial charge in [0.05, 0.1) is 5.69 Å². The summed E-state index contributed by atoms with van der Waals surface area (Å²) < 4.78 is 1.61. The van der Waals surface area contributed by atoms with E-state index < -0.39 is 11.8 Å². The van der Waals surface area contributed by atoms with Gasteiger partial charge in [-0.3, -0.25) is 20.4 Å². The van der Waals surface area contributed by atoms with Crippen molar-refractivity contribution in [1.29, 1.82) is 0 Å². The van der Waals surface area contributed by atoms with E-state index in [1.54, 1.807) is 28.9 Å². The topological polar surface area (TPSA) is 88.9 Å². The number of hydrazine groups is 1. The highest BCUT2D eigenvalue weighted by atomic mass is 16.2. The van der Waals surface area contributed by atoms with Crippen LogP contribution in [0.25, 0.3) is 17.1 Å². The maximum Gasteiger partial charge on any atom is 0.309 e. The number of aryl methyl sites for hydroxylation is 1. The first-order chi connectivity index (χ1) is 14.6. The lowest BCUT2D eigenvalue weighted by atomic mass is 10.2. The SMILES string of the molecule is Cc1ccc(-n2nc(C(=O)NNC(=O)c3ccccc3)nc2-c2ccccc2)cc1. The zero-order valence-corrected chi connectivity index (χ0v) is 16.2. The Morgan fingerprint density at radius 1 is 0.767 bits per heavy atom. The molecular weight excluding hydrogens is 378 g/mol. The molecule has 0 spiro atoms. The largest absolute Gasteiger partial charge is 0.309 e. The van der Waals surface area contributed by atoms with Gasteiger partial charge >= 0.3 is 5.91 Å². The number of aromatic nitrogens is 3. The molecule has 148 valence electrons. The van der Waals surface area contributed by atoms with E-state index in [0.717, 1.165) is 16.8 Å². The first-order valence-corrected chi connectivity index (χ1v) is 9.37. The minimum Gasteiger partial charge on any atom is -0.267 e. The molecule has 0 radical (unpaired) electrons. The molecular formula is C23H19N5O2. The first-order valence-electron chi connectivity index (χ1n) is 9.37. The second-order valence-electron chi connectivity index (χ2n) is 6.65. The Morgan fingerprint density at radius 2 is 1.37 bits per heavy atom. The molecule has 0 atom stereocenters. The second-order valence-corrected chi connectivity index (χ2v) is 6.65. The van der Waals surface area contributed by atoms with Crippen LogP contribution in [0.15, 0.2) is 84.9 Å². The fraction of sp³-hybridized carbons (Fsp3) is 0.0435. The van der Waals surface area contributed by atoms with Crippen LogP contribution in [0.4, 0.5) is 0 Å². The molecule has 7 nitrogen and oxygen atoms in total. The van der Waals surface area contributed by atoms with Gasteiger partial charge in [-0.05, 0) is 31.2 Å². The number of hydrogen-bond acceptors (Lipinski definition) is 4. The number of rotatable bonds is 4. The van der Waals surface area contributed by atoms with Gasteiger partial charge in [-0.25, -0.2) is 9.67 Å². The van der Waals surface area contributed by atoms with E-state index in [9.17, 15) is 9.59 Å². The maximum atomic E-state index is 12.6. The fourth-order valence-corrected chi connectivity index (χ4v) is 2.88. The Bertz CT molecular complexity index is 1170. The van der Waals surface area contributed by atoms with Crippen molar-refractivity contribution in [2.45, 2.75) is 6.92 Å². The minimum absolute atomic E-state index is 0.0530. The van der Waals surface area contributed by atoms with Crippen LogP contribution in [0.3, 0.4) is 0 Å². The van der Waals surface area contributed by atoms with Crippen LogP contribution < -0.4 is 10.9 Å². The van der Waals surface area contributed by atoms with Crippen molar-refractivity contribution < 1.29 is 9.59 Å². The van der Waals surface area contributed by atoms with Gasteiger partial charge in [0, 0.05) is 11.1 Å². The highest BCUT2D eigenvalue weighted by Gasteiger charge is 2.19. The van der Waals surface area contributed by atoms with Crippen LogP contribution in [0.1, 0.15) is 26.5 Å². The summed E-state index contributed by atoms with van der Waals surface area (Å²) in [5, 5.41) is 4.38. The molecule has 0 saturated heterocycles. The summed E-state index contributed by atoms with van der Waals surface area (Å²) in [7, 11) is 0. The smallest absolute Gasteiger partial charge is 0.267 e. The standard InChI is InChI=1S/C23H19N5O2/c1-16-12-14-19(15-13-16)28-21(17-8-4-2-5-9-17)24-20(27-28)23(30)26-25-22(29)18-10-6-3-7-11-18/h2-15H,1H3,(H,25,29)(H,26,30). The summed E-state index contributed by atoms with van der Waals surface area (Å²) in [4.78, 5) is 29.2. The summed E-state index contributed by atoms with van der Waals surface area (Å²) in [6.07, 6.45) is 0. The summed E-state index contributed by atoms with van der Waals surface area (Å²) in [6, 6.07) is 25.8. The van der Waals surface area contributed by atoms with Crippen LogP contribution >= 0.6 is 0 Å². The molecule has 30 heavy (non-hydrogen) atoms. The average molecular weight is 397 g/mol. The van der Waals surface area contributed by atoms with Crippen molar-refractivity contribution in [3.63, 3.8) is 0 Å². The minimum atomic E-state index is -0.609. The molecule has 4 rings (SSSR count). The molecule has 1 heterocycles. The predicted molar refractivity (Wildman–Crippen MR) is 113 cm³/mol. The van der Waals surface area contributed by atoms with E-state index in [0.29, 0.717) is 11.4 Å². The number of nitrogens with one attached hydrogen (secondary N) is 2. The van der Waals surface area contributed by atoms with E-state index in [2.05, 4.69) is 20.9 Å². The lowest BCUT2D eigenvalue weighted by Gasteiger charge is -2.06. The fourth-order valence-electron chi connectivity index (χ4n) is 2.88. The van der Waals surface area contributed by atoms with Crippen molar-refractivity contribution in [2.75, 3.05) is 0 Å². The van der Waals surface area contributed by atoms with Gasteiger partial charge in [0.15, 0.2) is 5.82 Å². The number of amides is 2. The first kappa shape index (κ1) is 19.1. The molecule has 0 aliphatic rings. The maximum absolute atomic E-state index is 12.6. The quantitative estimate of drug-likeness (QED) is 0.517. The zero-order valence-electron chi connectivity index (χ0n) is 16.2. The molecule has 2 N–H and O–H groups in total. The number of hydrogen-bond donors (Lipinski definition) is 2. The van der Waals surface area contributed by atoms with Gasteiger partial charge in [0.1, 0.15) is 0 Å². The molecule has 2 amide bonds. The lowest BCUT2D eigenvalue weighted by molar-refractivity contribution is 0.0841. The average Bonchev–Trinajstić information content (AvgIpc) is 3.24. The molecule has 0 saturated carbocycles. The van der Waals surface area contributed by atoms with Crippen LogP contribution in [0.2, 0.25) is 0 Å². The van der Waals surface area contributed by atoms with Crippen molar-refractivity contribution in [2.24, 2.45) is 0 Å². The Morgan fingerprint density at radius 3 is 2.03 bits per heavy atom. The van der Waals surface area contributed by atoms with Gasteiger partial charge in [-0.2, -0.15) is 0 Å². The van der Waals surface area contributed by atoms with Crippen molar-refractivity contribution in [3.05, 3.63) is 102 Å². The van der Waals surface area contributed by atoms with E-state index >= 15 is 0 Å². The number of nitrogens with zero attached hydrogens (tertiary/aromatic N) is 3. The molecule has 1 aromatic heterocycles. The summed E-state index contributed by atoms with van der Waals surface area (Å²) in [5.41, 5.74) is 7.90. The van der Waals surface area contributed by atoms with Crippen LogP contribution in [-0.4, -0.2) is 26.6 Å². The lowest BCUT2D eigenvalue weighted by Crippen LogP contribution is -2.42. The molecule has 0 bridgehead atoms. The molecule has 0 unspecified atom stereocenters. The van der Waals surface area contributed by atoms with Crippen LogP contribution in [0, 0.1) is 6.92 Å². The third-order valence-corrected chi connectivity index (χ3v) is 4.45. The van der Waals surface area contributed by atoms with Crippen molar-refractivity contribution in [3.8, 4) is 17.1 Å². The van der Waals surface area contributed by atoms with Crippen LogP contribution in [0.5, 0.6) is 0 Å². The monoisotopic (exact) mass is 397 g/mol. The summed E-state index contributed by atoms with van der Waals surface area (Å²) >= 11 is 0. The summed E-state index contributed by atoms with van der Waals surface area (Å²) in [6.45, 7) is 2.00. The van der Waals surface area contributed by atoms with E-state index in [1.807, 2.05) is 67.6 Å². The number of carbonyl (C=O) groups excluding carboxylic acids is 2. The highest BCUT2D eigenvalue weighted by molar-refractivity contribution is 5.97. The van der Waals surface area contributed by atoms with Gasteiger partial charge in [0.25, 0.3) is 5.91 Å². The molecule has 0 aliphatic carbocycles. The normalized spacial score (nSPS) is 10.4. The van der Waals surface area contributed by atoms with E-state index in [4.69, 9.17) is 0 Å². The Hall–Kier alpha value is -4.26. The Balaban J connectivity index is 1.61. The molecule has 7 heteroatoms. The van der Waals surface area contributed by atoms with E-state index in [-0.39, 0.29) is 5.82 Å².